The quantitative estimate of drug-likeness (QED) is 0.354. The summed E-state index contributed by atoms with van der Waals surface area (Å²) >= 11 is 0. The Morgan fingerprint density at radius 2 is 1.30 bits per heavy atom. The molecule has 0 bridgehead atoms. The molecule has 0 aliphatic carbocycles. The maximum absolute atomic E-state index is 11.7. The second-order valence-electron chi connectivity index (χ2n) is 5.12. The van der Waals surface area contributed by atoms with Crippen LogP contribution in [-0.4, -0.2) is 40.0 Å². The van der Waals surface area contributed by atoms with E-state index in [0.717, 1.165) is 0 Å². The predicted octanol–water partition coefficient (Wildman–Crippen LogP) is 1.88. The topological polar surface area (TPSA) is 121 Å². The van der Waals surface area contributed by atoms with Crippen LogP contribution in [0.1, 0.15) is 34.1 Å². The third-order valence-corrected chi connectivity index (χ3v) is 3.26. The van der Waals surface area contributed by atoms with Gasteiger partial charge in [-0.05, 0) is 27.2 Å². The van der Waals surface area contributed by atoms with E-state index in [1.165, 1.54) is 39.0 Å². The molecule has 128 valence electrons. The lowest BCUT2D eigenvalue weighted by Gasteiger charge is -2.24. The number of ether oxygens (including phenoxy) is 1. The molecule has 0 atom stereocenters. The smallest absolute Gasteiger partial charge is 0.335 e. The zero-order chi connectivity index (χ0) is 18.2. The van der Waals surface area contributed by atoms with Gasteiger partial charge in [0.25, 0.3) is 0 Å². The van der Waals surface area contributed by atoms with Crippen LogP contribution in [0.3, 0.4) is 0 Å². The van der Waals surface area contributed by atoms with E-state index in [-0.39, 0.29) is 16.7 Å². The summed E-state index contributed by atoms with van der Waals surface area (Å²) in [6.07, 6.45) is 4.53. The van der Waals surface area contributed by atoms with Crippen LogP contribution in [0, 0.1) is 5.41 Å². The fourth-order valence-electron chi connectivity index (χ4n) is 2.00. The molecule has 0 aromatic rings. The van der Waals surface area contributed by atoms with E-state index < -0.39 is 30.1 Å². The maximum Gasteiger partial charge on any atom is 0.335 e. The summed E-state index contributed by atoms with van der Waals surface area (Å²) in [4.78, 5) is 33.8. The lowest BCUT2D eigenvalue weighted by Crippen LogP contribution is -2.18. The highest BCUT2D eigenvalue weighted by Crippen LogP contribution is 2.32. The molecule has 0 radical (unpaired) electrons. The molecule has 0 aromatic carbocycles. The van der Waals surface area contributed by atoms with Gasteiger partial charge >= 0.3 is 17.9 Å². The Balaban J connectivity index is 6.17. The molecule has 0 unspecified atom stereocenters. The largest absolute Gasteiger partial charge is 0.478 e. The summed E-state index contributed by atoms with van der Waals surface area (Å²) in [6.45, 7) is 5.16. The van der Waals surface area contributed by atoms with Gasteiger partial charge in [0.1, 0.15) is 0 Å². The van der Waals surface area contributed by atoms with Crippen LogP contribution in [0.25, 0.3) is 0 Å². The Morgan fingerprint density at radius 1 is 0.913 bits per heavy atom. The molecular formula is C16H22O7. The van der Waals surface area contributed by atoms with Gasteiger partial charge in [0.15, 0.2) is 6.79 Å². The van der Waals surface area contributed by atoms with Crippen molar-refractivity contribution in [2.45, 2.75) is 34.1 Å². The molecule has 7 nitrogen and oxygen atoms in total. The second-order valence-corrected chi connectivity index (χ2v) is 5.12. The van der Waals surface area contributed by atoms with E-state index in [9.17, 15) is 14.4 Å². The first-order chi connectivity index (χ1) is 10.6. The van der Waals surface area contributed by atoms with Crippen LogP contribution in [0.5, 0.6) is 0 Å². The van der Waals surface area contributed by atoms with Crippen molar-refractivity contribution in [3.8, 4) is 0 Å². The highest BCUT2D eigenvalue weighted by molar-refractivity contribution is 5.89. The van der Waals surface area contributed by atoms with Crippen molar-refractivity contribution in [2.75, 3.05) is 6.79 Å². The number of allylic oxidation sites excluding steroid dienone is 3. The Bertz CT molecular complexity index is 537. The highest BCUT2D eigenvalue weighted by atomic mass is 16.6. The molecule has 0 fully saturated rings. The summed E-state index contributed by atoms with van der Waals surface area (Å²) in [5.74, 6) is -3.06. The minimum Gasteiger partial charge on any atom is -0.478 e. The third-order valence-electron chi connectivity index (χ3n) is 3.26. The zero-order valence-corrected chi connectivity index (χ0v) is 13.6. The second kappa shape index (κ2) is 8.89. The average molecular weight is 326 g/mol. The van der Waals surface area contributed by atoms with E-state index in [1.807, 2.05) is 0 Å². The first-order valence-electron chi connectivity index (χ1n) is 6.91. The predicted molar refractivity (Wildman–Crippen MR) is 82.4 cm³/mol. The van der Waals surface area contributed by atoms with Crippen molar-refractivity contribution in [1.29, 1.82) is 0 Å². The van der Waals surface area contributed by atoms with Crippen LogP contribution >= 0.6 is 0 Å². The number of carbonyl (C=O) groups is 3. The molecule has 23 heavy (non-hydrogen) atoms. The summed E-state index contributed by atoms with van der Waals surface area (Å²) < 4.78 is 4.47. The Kier molecular flexibility index (Phi) is 7.96. The summed E-state index contributed by atoms with van der Waals surface area (Å²) in [6, 6.07) is 0. The summed E-state index contributed by atoms with van der Waals surface area (Å²) in [5, 5.41) is 26.7. The standard InChI is InChI=1S/C16H22O7/c1-5-16(6-10(2)13(18)19,7-11(3)14(20)21)8-12(4)15(22)23-9-17/h6-8,17H,5,9H2,1-4H3,(H,18,19)(H,20,21). The number of carbonyl (C=O) groups excluding carboxylic acids is 1. The SMILES string of the molecule is CCC(C=C(C)C(=O)O)(C=C(C)C(=O)O)C=C(C)C(=O)OCO. The van der Waals surface area contributed by atoms with E-state index >= 15 is 0 Å². The van der Waals surface area contributed by atoms with E-state index in [2.05, 4.69) is 4.74 Å². The minimum absolute atomic E-state index is 0.0147. The van der Waals surface area contributed by atoms with Gasteiger partial charge in [-0.15, -0.1) is 0 Å². The van der Waals surface area contributed by atoms with E-state index in [0.29, 0.717) is 6.42 Å². The molecule has 0 saturated carbocycles. The molecule has 0 heterocycles. The van der Waals surface area contributed by atoms with Crippen molar-refractivity contribution in [1.82, 2.24) is 0 Å². The number of carboxylic acid groups (broad SMARTS) is 2. The van der Waals surface area contributed by atoms with Gasteiger partial charge in [0.05, 0.1) is 0 Å². The number of hydrogen-bond donors (Lipinski definition) is 3. The lowest BCUT2D eigenvalue weighted by molar-refractivity contribution is -0.147. The van der Waals surface area contributed by atoms with E-state index in [1.54, 1.807) is 6.92 Å². The van der Waals surface area contributed by atoms with Crippen LogP contribution in [0.2, 0.25) is 0 Å². The number of aliphatic hydroxyl groups is 1. The van der Waals surface area contributed by atoms with Crippen LogP contribution in [0.4, 0.5) is 0 Å². The fourth-order valence-corrected chi connectivity index (χ4v) is 2.00. The molecule has 0 spiro atoms. The first-order valence-corrected chi connectivity index (χ1v) is 6.91. The molecule has 0 aliphatic rings. The summed E-state index contributed by atoms with van der Waals surface area (Å²) in [5.41, 5.74) is -0.921. The average Bonchev–Trinajstić information content (AvgIpc) is 2.46. The molecule has 0 amide bonds. The van der Waals surface area contributed by atoms with Gasteiger partial charge in [-0.1, -0.05) is 25.2 Å². The van der Waals surface area contributed by atoms with Crippen LogP contribution < -0.4 is 0 Å². The molecule has 3 N–H and O–H groups in total. The van der Waals surface area contributed by atoms with Gasteiger partial charge in [-0.25, -0.2) is 14.4 Å². The molecule has 0 aliphatic heterocycles. The van der Waals surface area contributed by atoms with Crippen LogP contribution in [-0.2, 0) is 19.1 Å². The van der Waals surface area contributed by atoms with Crippen molar-refractivity contribution >= 4 is 17.9 Å². The minimum atomic E-state index is -1.15. The Hall–Kier alpha value is -2.41. The normalized spacial score (nSPS) is 15.8. The third kappa shape index (κ3) is 6.48. The lowest BCUT2D eigenvalue weighted by atomic mass is 9.80. The molecular weight excluding hydrogens is 304 g/mol. The number of hydrogen-bond acceptors (Lipinski definition) is 5. The van der Waals surface area contributed by atoms with Gasteiger partial charge < -0.3 is 20.1 Å². The molecule has 0 rings (SSSR count). The molecule has 0 aromatic heterocycles. The monoisotopic (exact) mass is 326 g/mol. The zero-order valence-electron chi connectivity index (χ0n) is 13.6. The van der Waals surface area contributed by atoms with E-state index in [4.69, 9.17) is 15.3 Å². The fraction of sp³-hybridized carbons (Fsp3) is 0.438. The van der Waals surface area contributed by atoms with Crippen molar-refractivity contribution in [3.63, 3.8) is 0 Å². The number of rotatable bonds is 8. The van der Waals surface area contributed by atoms with Gasteiger partial charge in [0, 0.05) is 22.1 Å². The van der Waals surface area contributed by atoms with Gasteiger partial charge in [-0.3, -0.25) is 0 Å². The number of aliphatic carboxylic acids is 2. The number of carboxylic acids is 2. The molecule has 0 saturated heterocycles. The van der Waals surface area contributed by atoms with Crippen LogP contribution in [0.15, 0.2) is 34.9 Å². The van der Waals surface area contributed by atoms with Crippen molar-refractivity contribution in [2.24, 2.45) is 5.41 Å². The Labute approximate surface area is 134 Å². The van der Waals surface area contributed by atoms with Gasteiger partial charge in [0.2, 0.25) is 0 Å². The number of esters is 1. The van der Waals surface area contributed by atoms with Crippen molar-refractivity contribution < 1.29 is 34.4 Å². The Morgan fingerprint density at radius 3 is 1.61 bits per heavy atom. The maximum atomic E-state index is 11.7. The summed E-state index contributed by atoms with van der Waals surface area (Å²) in [7, 11) is 0. The first kappa shape index (κ1) is 20.6. The number of aliphatic hydroxyl groups excluding tert-OH is 1. The van der Waals surface area contributed by atoms with Gasteiger partial charge in [-0.2, -0.15) is 0 Å². The highest BCUT2D eigenvalue weighted by Gasteiger charge is 2.25. The van der Waals surface area contributed by atoms with Crippen molar-refractivity contribution in [3.05, 3.63) is 34.9 Å². The molecule has 7 heteroatoms.